The number of nitrogens with zero attached hydrogens (tertiary/aromatic N) is 4. The Kier molecular flexibility index (Phi) is 6.86. The monoisotopic (exact) mass is 512 g/mol. The van der Waals surface area contributed by atoms with Gasteiger partial charge in [-0.15, -0.1) is 6.58 Å². The standard InChI is InChI=1S/C25H29BrN4O3/c1-5-13-33-25(3)9-11-29(12-10-25)24-20(15-23(31)32-4)17(2)27-22-16-21(28-30(22)24)18-7-6-8-19(26)14-18/h5-8,14,16H,1,9-13,15H2,2-4H3. The van der Waals surface area contributed by atoms with Gasteiger partial charge in [0.15, 0.2) is 5.65 Å². The van der Waals surface area contributed by atoms with Crippen LogP contribution in [-0.2, 0) is 20.7 Å². The predicted octanol–water partition coefficient (Wildman–Crippen LogP) is 4.74. The molecule has 8 heteroatoms. The second-order valence-electron chi connectivity index (χ2n) is 8.60. The Morgan fingerprint density at radius 3 is 2.73 bits per heavy atom. The van der Waals surface area contributed by atoms with Crippen LogP contribution in [-0.4, -0.2) is 53.0 Å². The molecule has 0 bridgehead atoms. The van der Waals surface area contributed by atoms with Crippen molar-refractivity contribution >= 4 is 33.4 Å². The van der Waals surface area contributed by atoms with E-state index in [1.54, 1.807) is 6.08 Å². The smallest absolute Gasteiger partial charge is 0.310 e. The first-order valence-corrected chi connectivity index (χ1v) is 11.8. The lowest BCUT2D eigenvalue weighted by molar-refractivity contribution is -0.139. The Balaban J connectivity index is 1.78. The van der Waals surface area contributed by atoms with Gasteiger partial charge >= 0.3 is 5.97 Å². The maximum absolute atomic E-state index is 12.3. The number of hydrogen-bond donors (Lipinski definition) is 0. The lowest BCUT2D eigenvalue weighted by Gasteiger charge is -2.40. The number of fused-ring (bicyclic) bond motifs is 1. The van der Waals surface area contributed by atoms with E-state index in [1.165, 1.54) is 7.11 Å². The third-order valence-corrected chi connectivity index (χ3v) is 6.71. The van der Waals surface area contributed by atoms with Gasteiger partial charge in [0.2, 0.25) is 0 Å². The molecular weight excluding hydrogens is 484 g/mol. The lowest BCUT2D eigenvalue weighted by atomic mass is 9.93. The van der Waals surface area contributed by atoms with Crippen LogP contribution in [0.3, 0.4) is 0 Å². The minimum Gasteiger partial charge on any atom is -0.469 e. The summed E-state index contributed by atoms with van der Waals surface area (Å²) in [6, 6.07) is 10.0. The summed E-state index contributed by atoms with van der Waals surface area (Å²) < 4.78 is 13.9. The maximum atomic E-state index is 12.3. The SMILES string of the molecule is C=CCOC1(C)CCN(c2c(CC(=O)OC)c(C)nc3cc(-c4cccc(Br)c4)nn23)CC1. The van der Waals surface area contributed by atoms with Crippen LogP contribution in [0, 0.1) is 6.92 Å². The molecular formula is C25H29BrN4O3. The molecule has 0 spiro atoms. The highest BCUT2D eigenvalue weighted by Gasteiger charge is 2.33. The van der Waals surface area contributed by atoms with Crippen LogP contribution < -0.4 is 4.90 Å². The second-order valence-corrected chi connectivity index (χ2v) is 9.51. The van der Waals surface area contributed by atoms with Gasteiger partial charge in [-0.2, -0.15) is 9.61 Å². The van der Waals surface area contributed by atoms with Crippen molar-refractivity contribution in [2.75, 3.05) is 31.7 Å². The number of carbonyl (C=O) groups excluding carboxylic acids is 1. The number of hydrogen-bond acceptors (Lipinski definition) is 6. The zero-order valence-corrected chi connectivity index (χ0v) is 20.9. The summed E-state index contributed by atoms with van der Waals surface area (Å²) in [7, 11) is 1.41. The number of piperidine rings is 1. The molecule has 0 radical (unpaired) electrons. The number of rotatable bonds is 7. The molecule has 4 rings (SSSR count). The highest BCUT2D eigenvalue weighted by Crippen LogP contribution is 2.33. The van der Waals surface area contributed by atoms with Crippen LogP contribution in [0.2, 0.25) is 0 Å². The van der Waals surface area contributed by atoms with Crippen LogP contribution >= 0.6 is 15.9 Å². The van der Waals surface area contributed by atoms with Gasteiger partial charge in [-0.25, -0.2) is 4.98 Å². The number of aromatic nitrogens is 3. The molecule has 0 saturated carbocycles. The Hall–Kier alpha value is -2.71. The van der Waals surface area contributed by atoms with Gasteiger partial charge in [0.25, 0.3) is 0 Å². The Morgan fingerprint density at radius 1 is 1.30 bits per heavy atom. The van der Waals surface area contributed by atoms with Crippen LogP contribution in [0.4, 0.5) is 5.82 Å². The maximum Gasteiger partial charge on any atom is 0.310 e. The van der Waals surface area contributed by atoms with Crippen molar-refractivity contribution in [1.29, 1.82) is 0 Å². The molecule has 0 amide bonds. The molecule has 1 saturated heterocycles. The molecule has 3 aromatic rings. The molecule has 0 N–H and O–H groups in total. The first kappa shape index (κ1) is 23.4. The molecule has 7 nitrogen and oxygen atoms in total. The number of benzene rings is 1. The molecule has 1 aliphatic heterocycles. The average molecular weight is 513 g/mol. The van der Waals surface area contributed by atoms with Crippen molar-refractivity contribution in [3.8, 4) is 11.3 Å². The van der Waals surface area contributed by atoms with Crippen molar-refractivity contribution in [3.05, 3.63) is 58.7 Å². The number of anilines is 1. The topological polar surface area (TPSA) is 69.0 Å². The zero-order valence-electron chi connectivity index (χ0n) is 19.3. The molecule has 2 aromatic heterocycles. The average Bonchev–Trinajstić information content (AvgIpc) is 3.22. The summed E-state index contributed by atoms with van der Waals surface area (Å²) in [5.74, 6) is 0.603. The highest BCUT2D eigenvalue weighted by molar-refractivity contribution is 9.10. The summed E-state index contributed by atoms with van der Waals surface area (Å²) in [5.41, 5.74) is 4.03. The number of ether oxygens (including phenoxy) is 2. The molecule has 0 atom stereocenters. The minimum absolute atomic E-state index is 0.146. The third kappa shape index (κ3) is 4.96. The highest BCUT2D eigenvalue weighted by atomic mass is 79.9. The molecule has 33 heavy (non-hydrogen) atoms. The predicted molar refractivity (Wildman–Crippen MR) is 133 cm³/mol. The summed E-state index contributed by atoms with van der Waals surface area (Å²) in [5, 5.41) is 4.92. The van der Waals surface area contributed by atoms with E-state index in [1.807, 2.05) is 41.8 Å². The molecule has 1 fully saturated rings. The second kappa shape index (κ2) is 9.65. The van der Waals surface area contributed by atoms with E-state index in [9.17, 15) is 4.79 Å². The number of esters is 1. The van der Waals surface area contributed by atoms with Gasteiger partial charge in [0.05, 0.1) is 31.4 Å². The number of halogens is 1. The lowest BCUT2D eigenvalue weighted by Crippen LogP contribution is -2.45. The number of carbonyl (C=O) groups is 1. The Labute approximate surface area is 202 Å². The van der Waals surface area contributed by atoms with Crippen LogP contribution in [0.25, 0.3) is 16.9 Å². The van der Waals surface area contributed by atoms with Crippen LogP contribution in [0.15, 0.2) is 47.5 Å². The van der Waals surface area contributed by atoms with Crippen LogP contribution in [0.5, 0.6) is 0 Å². The van der Waals surface area contributed by atoms with Gasteiger partial charge in [0.1, 0.15) is 5.82 Å². The molecule has 1 aromatic carbocycles. The summed E-state index contributed by atoms with van der Waals surface area (Å²) >= 11 is 3.54. The zero-order chi connectivity index (χ0) is 23.6. The quantitative estimate of drug-likeness (QED) is 0.336. The van der Waals surface area contributed by atoms with E-state index in [-0.39, 0.29) is 18.0 Å². The molecule has 3 heterocycles. The molecule has 0 aliphatic carbocycles. The van der Waals surface area contributed by atoms with Crippen molar-refractivity contribution < 1.29 is 14.3 Å². The van der Waals surface area contributed by atoms with E-state index >= 15 is 0 Å². The van der Waals surface area contributed by atoms with Crippen molar-refractivity contribution in [3.63, 3.8) is 0 Å². The number of methoxy groups -OCH3 is 1. The Morgan fingerprint density at radius 2 is 2.06 bits per heavy atom. The van der Waals surface area contributed by atoms with E-state index < -0.39 is 0 Å². The fourth-order valence-corrected chi connectivity index (χ4v) is 4.67. The molecule has 1 aliphatic rings. The molecule has 174 valence electrons. The fourth-order valence-electron chi connectivity index (χ4n) is 4.27. The normalized spacial score (nSPS) is 15.6. The first-order chi connectivity index (χ1) is 15.8. The summed E-state index contributed by atoms with van der Waals surface area (Å²) in [4.78, 5) is 19.3. The van der Waals surface area contributed by atoms with E-state index in [4.69, 9.17) is 19.6 Å². The van der Waals surface area contributed by atoms with Crippen LogP contribution in [0.1, 0.15) is 31.0 Å². The number of aryl methyl sites for hydroxylation is 1. The van der Waals surface area contributed by atoms with Gasteiger partial charge < -0.3 is 14.4 Å². The Bertz CT molecular complexity index is 1180. The van der Waals surface area contributed by atoms with Crippen molar-refractivity contribution in [2.45, 2.75) is 38.7 Å². The van der Waals surface area contributed by atoms with E-state index in [0.717, 1.165) is 64.4 Å². The van der Waals surface area contributed by atoms with Gasteiger partial charge in [0, 0.05) is 40.4 Å². The minimum atomic E-state index is -0.295. The third-order valence-electron chi connectivity index (χ3n) is 6.22. The fraction of sp³-hybridized carbons (Fsp3) is 0.400. The summed E-state index contributed by atoms with van der Waals surface area (Å²) in [6.07, 6.45) is 3.66. The van der Waals surface area contributed by atoms with Crippen molar-refractivity contribution in [1.82, 2.24) is 14.6 Å². The van der Waals surface area contributed by atoms with Gasteiger partial charge in [-0.1, -0.05) is 34.1 Å². The van der Waals surface area contributed by atoms with E-state index in [0.29, 0.717) is 6.61 Å². The van der Waals surface area contributed by atoms with Gasteiger partial charge in [-0.05, 0) is 38.8 Å². The van der Waals surface area contributed by atoms with E-state index in [2.05, 4.69) is 34.3 Å². The largest absolute Gasteiger partial charge is 0.469 e. The van der Waals surface area contributed by atoms with Crippen molar-refractivity contribution in [2.24, 2.45) is 0 Å². The molecule has 0 unspecified atom stereocenters. The van der Waals surface area contributed by atoms with Gasteiger partial charge in [-0.3, -0.25) is 4.79 Å². The first-order valence-electron chi connectivity index (χ1n) is 11.1. The summed E-state index contributed by atoms with van der Waals surface area (Å²) in [6.45, 7) is 9.96.